The number of morpholine rings is 1. The zero-order valence-electron chi connectivity index (χ0n) is 8.04. The van der Waals surface area contributed by atoms with Gasteiger partial charge in [-0.2, -0.15) is 0 Å². The van der Waals surface area contributed by atoms with Crippen LogP contribution in [0.1, 0.15) is 20.8 Å². The second-order valence-corrected chi connectivity index (χ2v) is 3.89. The molecule has 0 spiro atoms. The summed E-state index contributed by atoms with van der Waals surface area (Å²) in [6, 6.07) is 0.346. The third kappa shape index (κ3) is 1.84. The minimum atomic E-state index is -0.344. The van der Waals surface area contributed by atoms with Gasteiger partial charge in [-0.05, 0) is 20.8 Å². The first-order chi connectivity index (χ1) is 5.58. The SMILES string of the molecule is CC1COCCN1C(C)(C)C=O. The molecule has 1 aliphatic rings. The first-order valence-electron chi connectivity index (χ1n) is 4.39. The molecule has 12 heavy (non-hydrogen) atoms. The largest absolute Gasteiger partial charge is 0.379 e. The molecule has 3 heteroatoms. The van der Waals surface area contributed by atoms with Crippen LogP contribution < -0.4 is 0 Å². The topological polar surface area (TPSA) is 29.5 Å². The molecule has 0 aromatic heterocycles. The Kier molecular flexibility index (Phi) is 2.85. The molecule has 0 aliphatic carbocycles. The van der Waals surface area contributed by atoms with Crippen LogP contribution in [0.15, 0.2) is 0 Å². The molecular weight excluding hydrogens is 154 g/mol. The number of carbonyl (C=O) groups excluding carboxylic acids is 1. The van der Waals surface area contributed by atoms with E-state index in [4.69, 9.17) is 4.74 Å². The van der Waals surface area contributed by atoms with Gasteiger partial charge in [-0.25, -0.2) is 0 Å². The van der Waals surface area contributed by atoms with E-state index in [2.05, 4.69) is 11.8 Å². The van der Waals surface area contributed by atoms with Crippen molar-refractivity contribution in [3.05, 3.63) is 0 Å². The average Bonchev–Trinajstić information content (AvgIpc) is 2.05. The van der Waals surface area contributed by atoms with E-state index in [0.717, 1.165) is 26.0 Å². The summed E-state index contributed by atoms with van der Waals surface area (Å²) < 4.78 is 5.29. The van der Waals surface area contributed by atoms with E-state index in [-0.39, 0.29) is 5.54 Å². The van der Waals surface area contributed by atoms with Crippen molar-refractivity contribution >= 4 is 6.29 Å². The maximum Gasteiger partial charge on any atom is 0.139 e. The number of carbonyl (C=O) groups is 1. The van der Waals surface area contributed by atoms with Crippen molar-refractivity contribution < 1.29 is 9.53 Å². The Labute approximate surface area is 73.7 Å². The standard InChI is InChI=1S/C9H17NO2/c1-8-6-12-5-4-10(8)9(2,3)7-11/h7-8H,4-6H2,1-3H3. The van der Waals surface area contributed by atoms with Gasteiger partial charge in [0.05, 0.1) is 18.8 Å². The van der Waals surface area contributed by atoms with Gasteiger partial charge in [0.2, 0.25) is 0 Å². The van der Waals surface area contributed by atoms with Crippen LogP contribution in [0.3, 0.4) is 0 Å². The van der Waals surface area contributed by atoms with Gasteiger partial charge in [-0.15, -0.1) is 0 Å². The second kappa shape index (κ2) is 3.54. The van der Waals surface area contributed by atoms with Crippen LogP contribution in [0.2, 0.25) is 0 Å². The molecule has 1 atom stereocenters. The van der Waals surface area contributed by atoms with Crippen LogP contribution in [0.4, 0.5) is 0 Å². The van der Waals surface area contributed by atoms with Crippen LogP contribution in [0.25, 0.3) is 0 Å². The average molecular weight is 171 g/mol. The van der Waals surface area contributed by atoms with Crippen molar-refractivity contribution in [1.82, 2.24) is 4.90 Å². The van der Waals surface area contributed by atoms with Crippen molar-refractivity contribution in [2.45, 2.75) is 32.4 Å². The zero-order valence-corrected chi connectivity index (χ0v) is 8.04. The molecule has 0 aromatic rings. The lowest BCUT2D eigenvalue weighted by atomic mass is 10.0. The van der Waals surface area contributed by atoms with Crippen LogP contribution in [0, 0.1) is 0 Å². The maximum atomic E-state index is 10.8. The van der Waals surface area contributed by atoms with E-state index >= 15 is 0 Å². The summed E-state index contributed by atoms with van der Waals surface area (Å²) in [5.74, 6) is 0. The summed E-state index contributed by atoms with van der Waals surface area (Å²) in [6.45, 7) is 8.31. The Hall–Kier alpha value is -0.410. The number of aldehydes is 1. The van der Waals surface area contributed by atoms with Crippen molar-refractivity contribution in [2.24, 2.45) is 0 Å². The summed E-state index contributed by atoms with van der Waals surface area (Å²) in [5.41, 5.74) is -0.344. The lowest BCUT2D eigenvalue weighted by Crippen LogP contribution is -2.55. The predicted octanol–water partition coefficient (Wildman–Crippen LogP) is 0.685. The number of nitrogens with zero attached hydrogens (tertiary/aromatic N) is 1. The van der Waals surface area contributed by atoms with Gasteiger partial charge in [-0.1, -0.05) is 0 Å². The molecular formula is C9H17NO2. The zero-order chi connectivity index (χ0) is 9.19. The van der Waals surface area contributed by atoms with Crippen LogP contribution in [0.5, 0.6) is 0 Å². The highest BCUT2D eigenvalue weighted by Crippen LogP contribution is 2.17. The smallest absolute Gasteiger partial charge is 0.139 e. The van der Waals surface area contributed by atoms with E-state index in [9.17, 15) is 4.79 Å². The van der Waals surface area contributed by atoms with E-state index in [1.54, 1.807) is 0 Å². The molecule has 1 rings (SSSR count). The van der Waals surface area contributed by atoms with E-state index in [1.165, 1.54) is 0 Å². The minimum absolute atomic E-state index is 0.344. The van der Waals surface area contributed by atoms with Gasteiger partial charge in [0.15, 0.2) is 0 Å². The fraction of sp³-hybridized carbons (Fsp3) is 0.889. The highest BCUT2D eigenvalue weighted by Gasteiger charge is 2.31. The van der Waals surface area contributed by atoms with Crippen molar-refractivity contribution in [2.75, 3.05) is 19.8 Å². The van der Waals surface area contributed by atoms with Gasteiger partial charge in [0, 0.05) is 12.6 Å². The predicted molar refractivity (Wildman–Crippen MR) is 47.1 cm³/mol. The molecule has 1 heterocycles. The summed E-state index contributed by atoms with van der Waals surface area (Å²) in [5, 5.41) is 0. The Morgan fingerprint density at radius 1 is 1.58 bits per heavy atom. The molecule has 3 nitrogen and oxygen atoms in total. The monoisotopic (exact) mass is 171 g/mol. The Balaban J connectivity index is 2.64. The van der Waals surface area contributed by atoms with Crippen LogP contribution in [-0.2, 0) is 9.53 Å². The summed E-state index contributed by atoms with van der Waals surface area (Å²) in [4.78, 5) is 13.0. The van der Waals surface area contributed by atoms with Gasteiger partial charge in [0.25, 0.3) is 0 Å². The summed E-state index contributed by atoms with van der Waals surface area (Å²) >= 11 is 0. The van der Waals surface area contributed by atoms with Crippen LogP contribution in [-0.4, -0.2) is 42.5 Å². The van der Waals surface area contributed by atoms with E-state index < -0.39 is 0 Å². The highest BCUT2D eigenvalue weighted by atomic mass is 16.5. The first-order valence-corrected chi connectivity index (χ1v) is 4.39. The summed E-state index contributed by atoms with van der Waals surface area (Å²) in [7, 11) is 0. The van der Waals surface area contributed by atoms with Gasteiger partial charge in [-0.3, -0.25) is 4.90 Å². The minimum Gasteiger partial charge on any atom is -0.379 e. The number of ether oxygens (including phenoxy) is 1. The van der Waals surface area contributed by atoms with Crippen molar-refractivity contribution in [3.63, 3.8) is 0 Å². The normalized spacial score (nSPS) is 27.1. The molecule has 0 aromatic carbocycles. The molecule has 70 valence electrons. The molecule has 0 bridgehead atoms. The molecule has 0 amide bonds. The third-order valence-corrected chi connectivity index (χ3v) is 2.40. The quantitative estimate of drug-likeness (QED) is 0.572. The summed E-state index contributed by atoms with van der Waals surface area (Å²) in [6.07, 6.45) is 1.01. The lowest BCUT2D eigenvalue weighted by molar-refractivity contribution is -0.123. The molecule has 0 N–H and O–H groups in total. The third-order valence-electron chi connectivity index (χ3n) is 2.40. The second-order valence-electron chi connectivity index (χ2n) is 3.89. The molecule has 1 unspecified atom stereocenters. The van der Waals surface area contributed by atoms with Crippen molar-refractivity contribution in [1.29, 1.82) is 0 Å². The van der Waals surface area contributed by atoms with Gasteiger partial charge >= 0.3 is 0 Å². The number of hydrogen-bond acceptors (Lipinski definition) is 3. The molecule has 0 saturated carbocycles. The van der Waals surface area contributed by atoms with Gasteiger partial charge in [0.1, 0.15) is 6.29 Å². The fourth-order valence-electron chi connectivity index (χ4n) is 1.65. The highest BCUT2D eigenvalue weighted by molar-refractivity contribution is 5.62. The molecule has 1 saturated heterocycles. The van der Waals surface area contributed by atoms with Gasteiger partial charge < -0.3 is 9.53 Å². The Morgan fingerprint density at radius 2 is 2.25 bits per heavy atom. The Morgan fingerprint density at radius 3 is 2.75 bits per heavy atom. The fourth-order valence-corrected chi connectivity index (χ4v) is 1.65. The number of rotatable bonds is 2. The lowest BCUT2D eigenvalue weighted by Gasteiger charge is -2.41. The van der Waals surface area contributed by atoms with Crippen molar-refractivity contribution in [3.8, 4) is 0 Å². The molecule has 0 radical (unpaired) electrons. The first kappa shape index (κ1) is 9.68. The molecule has 1 aliphatic heterocycles. The maximum absolute atomic E-state index is 10.8. The molecule has 1 fully saturated rings. The Bertz CT molecular complexity index is 168. The number of hydrogen-bond donors (Lipinski definition) is 0. The van der Waals surface area contributed by atoms with Crippen LogP contribution >= 0.6 is 0 Å². The van der Waals surface area contributed by atoms with E-state index in [1.807, 2.05) is 13.8 Å². The van der Waals surface area contributed by atoms with E-state index in [0.29, 0.717) is 6.04 Å².